The van der Waals surface area contributed by atoms with E-state index in [1.807, 2.05) is 12.1 Å². The van der Waals surface area contributed by atoms with Gasteiger partial charge in [-0.2, -0.15) is 5.10 Å². The number of aromatic hydroxyl groups is 1. The zero-order chi connectivity index (χ0) is 14.7. The van der Waals surface area contributed by atoms with Crippen molar-refractivity contribution in [3.05, 3.63) is 60.2 Å². The number of phenolic OH excluding ortho intramolecular Hbond substituents is 1. The van der Waals surface area contributed by atoms with Gasteiger partial charge in [0.15, 0.2) is 0 Å². The molecule has 0 atom stereocenters. The summed E-state index contributed by atoms with van der Waals surface area (Å²) in [6.45, 7) is 0.515. The lowest BCUT2D eigenvalue weighted by atomic mass is 10.1. The van der Waals surface area contributed by atoms with Crippen molar-refractivity contribution in [2.24, 2.45) is 0 Å². The first-order valence-corrected chi connectivity index (χ1v) is 6.57. The number of phenols is 1. The quantitative estimate of drug-likeness (QED) is 0.758. The van der Waals surface area contributed by atoms with Gasteiger partial charge in [0.2, 0.25) is 0 Å². The van der Waals surface area contributed by atoms with Gasteiger partial charge in [0.05, 0.1) is 23.5 Å². The summed E-state index contributed by atoms with van der Waals surface area (Å²) in [5.74, 6) is 0.0680. The van der Waals surface area contributed by atoms with Gasteiger partial charge >= 0.3 is 0 Å². The second-order valence-corrected chi connectivity index (χ2v) is 4.64. The van der Waals surface area contributed by atoms with Gasteiger partial charge in [-0.05, 0) is 24.1 Å². The maximum Gasteiger partial charge on any atom is 0.255 e. The average molecular weight is 282 g/mol. The van der Waals surface area contributed by atoms with Crippen LogP contribution in [0.3, 0.4) is 0 Å². The highest BCUT2D eigenvalue weighted by atomic mass is 16.3. The van der Waals surface area contributed by atoms with E-state index >= 15 is 0 Å². The molecule has 0 spiro atoms. The van der Waals surface area contributed by atoms with Crippen molar-refractivity contribution < 1.29 is 9.90 Å². The van der Waals surface area contributed by atoms with E-state index in [2.05, 4.69) is 15.4 Å². The number of rotatable bonds is 4. The second-order valence-electron chi connectivity index (χ2n) is 4.64. The second kappa shape index (κ2) is 5.62. The van der Waals surface area contributed by atoms with E-state index in [9.17, 15) is 9.90 Å². The number of carbonyl (C=O) groups is 1. The number of nitrogens with zero attached hydrogens (tertiary/aromatic N) is 3. The predicted octanol–water partition coefficient (Wildman–Crippen LogP) is 1.41. The normalized spacial score (nSPS) is 10.7. The summed E-state index contributed by atoms with van der Waals surface area (Å²) in [5, 5.41) is 16.2. The Labute approximate surface area is 121 Å². The molecule has 0 aliphatic heterocycles. The number of hydrogen-bond acceptors (Lipinski definition) is 4. The van der Waals surface area contributed by atoms with E-state index in [1.165, 1.54) is 6.20 Å². The Hall–Kier alpha value is -2.89. The van der Waals surface area contributed by atoms with Gasteiger partial charge in [0.25, 0.3) is 5.91 Å². The Morgan fingerprint density at radius 2 is 2.05 bits per heavy atom. The van der Waals surface area contributed by atoms with Crippen LogP contribution in [0.1, 0.15) is 15.9 Å². The summed E-state index contributed by atoms with van der Waals surface area (Å²) in [5.41, 5.74) is 2.24. The van der Waals surface area contributed by atoms with Crippen LogP contribution >= 0.6 is 0 Å². The number of fused-ring (bicyclic) bond motifs is 1. The standard InChI is InChI=1S/C15H14N4O2/c20-12-3-1-11(2-4-12)5-6-17-15(21)13-9-18-19-8-7-16-10-14(13)19/h1-4,7-10,20H,5-6H2,(H,17,21). The molecule has 1 aromatic carbocycles. The highest BCUT2D eigenvalue weighted by molar-refractivity contribution is 6.00. The van der Waals surface area contributed by atoms with Crippen molar-refractivity contribution in [2.45, 2.75) is 6.42 Å². The van der Waals surface area contributed by atoms with Crippen molar-refractivity contribution in [1.82, 2.24) is 19.9 Å². The molecule has 2 N–H and O–H groups in total. The summed E-state index contributed by atoms with van der Waals surface area (Å²) in [7, 11) is 0. The topological polar surface area (TPSA) is 79.5 Å². The van der Waals surface area contributed by atoms with Crippen LogP contribution in [0.5, 0.6) is 5.75 Å². The Balaban J connectivity index is 1.63. The van der Waals surface area contributed by atoms with Gasteiger partial charge < -0.3 is 10.4 Å². The molecule has 0 aliphatic carbocycles. The minimum Gasteiger partial charge on any atom is -0.508 e. The summed E-state index contributed by atoms with van der Waals surface area (Å²) >= 11 is 0. The largest absolute Gasteiger partial charge is 0.508 e. The van der Waals surface area contributed by atoms with Gasteiger partial charge in [0, 0.05) is 18.9 Å². The Morgan fingerprint density at radius 1 is 1.24 bits per heavy atom. The molecule has 0 unspecified atom stereocenters. The van der Waals surface area contributed by atoms with Crippen LogP contribution in [0.2, 0.25) is 0 Å². The minimum absolute atomic E-state index is 0.170. The summed E-state index contributed by atoms with van der Waals surface area (Å²) in [6, 6.07) is 6.93. The molecule has 3 aromatic rings. The van der Waals surface area contributed by atoms with Crippen LogP contribution < -0.4 is 5.32 Å². The fraction of sp³-hybridized carbons (Fsp3) is 0.133. The highest BCUT2D eigenvalue weighted by Gasteiger charge is 2.11. The van der Waals surface area contributed by atoms with Gasteiger partial charge in [-0.1, -0.05) is 12.1 Å². The molecule has 6 heteroatoms. The molecule has 0 saturated carbocycles. The fourth-order valence-electron chi connectivity index (χ4n) is 2.09. The molecule has 2 heterocycles. The minimum atomic E-state index is -0.170. The molecule has 0 saturated heterocycles. The van der Waals surface area contributed by atoms with Gasteiger partial charge in [-0.25, -0.2) is 4.52 Å². The van der Waals surface area contributed by atoms with E-state index in [1.54, 1.807) is 35.2 Å². The van der Waals surface area contributed by atoms with Crippen LogP contribution in [0.25, 0.3) is 5.52 Å². The summed E-state index contributed by atoms with van der Waals surface area (Å²) in [4.78, 5) is 16.1. The van der Waals surface area contributed by atoms with Crippen LogP contribution in [0.15, 0.2) is 49.1 Å². The number of nitrogens with one attached hydrogen (secondary N) is 1. The van der Waals surface area contributed by atoms with Crippen molar-refractivity contribution in [2.75, 3.05) is 6.54 Å². The first-order valence-electron chi connectivity index (χ1n) is 6.57. The maximum absolute atomic E-state index is 12.1. The van der Waals surface area contributed by atoms with E-state index in [0.29, 0.717) is 24.0 Å². The average Bonchev–Trinajstić information content (AvgIpc) is 2.93. The Kier molecular flexibility index (Phi) is 3.51. The van der Waals surface area contributed by atoms with Crippen molar-refractivity contribution in [1.29, 1.82) is 0 Å². The SMILES string of the molecule is O=C(NCCc1ccc(O)cc1)c1cnn2ccncc12. The van der Waals surface area contributed by atoms with Gasteiger partial charge in [0.1, 0.15) is 5.75 Å². The Morgan fingerprint density at radius 3 is 2.86 bits per heavy atom. The molecular weight excluding hydrogens is 268 g/mol. The molecule has 0 bridgehead atoms. The highest BCUT2D eigenvalue weighted by Crippen LogP contribution is 2.10. The molecule has 0 aliphatic rings. The van der Waals surface area contributed by atoms with Gasteiger partial charge in [-0.3, -0.25) is 9.78 Å². The monoisotopic (exact) mass is 282 g/mol. The summed E-state index contributed by atoms with van der Waals surface area (Å²) in [6.07, 6.45) is 7.16. The number of aromatic nitrogens is 3. The fourth-order valence-corrected chi connectivity index (χ4v) is 2.09. The Bertz CT molecular complexity index is 765. The molecule has 21 heavy (non-hydrogen) atoms. The molecule has 3 rings (SSSR count). The first-order chi connectivity index (χ1) is 10.2. The van der Waals surface area contributed by atoms with Crippen LogP contribution in [-0.4, -0.2) is 32.2 Å². The zero-order valence-electron chi connectivity index (χ0n) is 11.2. The van der Waals surface area contributed by atoms with Crippen molar-refractivity contribution in [3.8, 4) is 5.75 Å². The van der Waals surface area contributed by atoms with Crippen molar-refractivity contribution in [3.63, 3.8) is 0 Å². The van der Waals surface area contributed by atoms with Crippen LogP contribution in [-0.2, 0) is 6.42 Å². The number of benzene rings is 1. The summed E-state index contributed by atoms with van der Waals surface area (Å²) < 4.78 is 1.61. The molecule has 106 valence electrons. The molecule has 2 aromatic heterocycles. The third-order valence-electron chi connectivity index (χ3n) is 3.20. The molecule has 0 fully saturated rings. The first kappa shape index (κ1) is 13.1. The number of carbonyl (C=O) groups excluding carboxylic acids is 1. The smallest absolute Gasteiger partial charge is 0.255 e. The predicted molar refractivity (Wildman–Crippen MR) is 77.1 cm³/mol. The molecule has 0 radical (unpaired) electrons. The number of hydrogen-bond donors (Lipinski definition) is 2. The number of amides is 1. The third-order valence-corrected chi connectivity index (χ3v) is 3.20. The van der Waals surface area contributed by atoms with E-state index in [-0.39, 0.29) is 11.7 Å². The third kappa shape index (κ3) is 2.84. The van der Waals surface area contributed by atoms with E-state index in [4.69, 9.17) is 0 Å². The lowest BCUT2D eigenvalue weighted by Crippen LogP contribution is -2.25. The van der Waals surface area contributed by atoms with Crippen LogP contribution in [0, 0.1) is 0 Å². The lowest BCUT2D eigenvalue weighted by Gasteiger charge is -2.04. The lowest BCUT2D eigenvalue weighted by molar-refractivity contribution is 0.0955. The molecule has 1 amide bonds. The van der Waals surface area contributed by atoms with E-state index < -0.39 is 0 Å². The molecule has 6 nitrogen and oxygen atoms in total. The maximum atomic E-state index is 12.1. The zero-order valence-corrected chi connectivity index (χ0v) is 11.2. The molecular formula is C15H14N4O2. The van der Waals surface area contributed by atoms with Crippen molar-refractivity contribution >= 4 is 11.4 Å². The van der Waals surface area contributed by atoms with E-state index in [0.717, 1.165) is 5.56 Å². The van der Waals surface area contributed by atoms with Gasteiger partial charge in [-0.15, -0.1) is 0 Å². The van der Waals surface area contributed by atoms with Crippen LogP contribution in [0.4, 0.5) is 0 Å².